The van der Waals surface area contributed by atoms with Crippen molar-refractivity contribution in [2.75, 3.05) is 27.2 Å². The van der Waals surface area contributed by atoms with Gasteiger partial charge in [-0.3, -0.25) is 4.79 Å². The Balaban J connectivity index is 2.16. The Bertz CT molecular complexity index is 545. The maximum atomic E-state index is 13.6. The summed E-state index contributed by atoms with van der Waals surface area (Å²) in [5.74, 6) is 0.239. The molecule has 1 aromatic rings. The molecule has 1 saturated heterocycles. The van der Waals surface area contributed by atoms with E-state index in [2.05, 4.69) is 10.2 Å². The molecule has 1 aromatic carbocycles. The first-order chi connectivity index (χ1) is 10.3. The van der Waals surface area contributed by atoms with E-state index in [0.717, 1.165) is 25.9 Å². The van der Waals surface area contributed by atoms with Crippen molar-refractivity contribution in [2.24, 2.45) is 5.92 Å². The molecule has 5 heteroatoms. The van der Waals surface area contributed by atoms with Gasteiger partial charge >= 0.3 is 0 Å². The van der Waals surface area contributed by atoms with Crippen LogP contribution in [0.5, 0.6) is 5.75 Å². The molecule has 1 aliphatic heterocycles. The lowest BCUT2D eigenvalue weighted by Crippen LogP contribution is -2.48. The van der Waals surface area contributed by atoms with E-state index >= 15 is 0 Å². The van der Waals surface area contributed by atoms with Gasteiger partial charge in [0.05, 0.1) is 18.6 Å². The number of piperidine rings is 1. The number of carbonyl (C=O) groups excluding carboxylic acids is 1. The highest BCUT2D eigenvalue weighted by molar-refractivity contribution is 5.80. The Hall–Kier alpha value is -1.62. The van der Waals surface area contributed by atoms with Gasteiger partial charge in [0.2, 0.25) is 5.91 Å². The number of amides is 1. The quantitative estimate of drug-likeness (QED) is 0.929. The van der Waals surface area contributed by atoms with Crippen molar-refractivity contribution < 1.29 is 13.9 Å². The van der Waals surface area contributed by atoms with E-state index in [9.17, 15) is 9.18 Å². The summed E-state index contributed by atoms with van der Waals surface area (Å²) in [4.78, 5) is 14.7. The van der Waals surface area contributed by atoms with Crippen molar-refractivity contribution in [3.05, 3.63) is 29.6 Å². The van der Waals surface area contributed by atoms with Crippen LogP contribution < -0.4 is 10.1 Å². The number of likely N-dealkylation sites (tertiary alicyclic amines) is 1. The standard InChI is InChI=1S/C17H25FN2O2/c1-17(2,14-10-13(18)7-8-15(14)22-4)19-16(21)12-6-5-9-20(3)11-12/h7-8,10,12H,5-6,9,11H2,1-4H3,(H,19,21)/t12-/m0/s1. The van der Waals surface area contributed by atoms with Gasteiger partial charge in [0.25, 0.3) is 0 Å². The molecular formula is C17H25FN2O2. The van der Waals surface area contributed by atoms with Gasteiger partial charge in [-0.25, -0.2) is 4.39 Å². The number of rotatable bonds is 4. The zero-order valence-electron chi connectivity index (χ0n) is 13.8. The normalized spacial score (nSPS) is 19.8. The molecule has 1 heterocycles. The molecule has 0 radical (unpaired) electrons. The molecule has 0 unspecified atom stereocenters. The van der Waals surface area contributed by atoms with E-state index in [1.807, 2.05) is 20.9 Å². The fourth-order valence-electron chi connectivity index (χ4n) is 3.03. The molecule has 1 amide bonds. The third-order valence-corrected chi connectivity index (χ3v) is 4.27. The topological polar surface area (TPSA) is 41.6 Å². The van der Waals surface area contributed by atoms with Gasteiger partial charge in [-0.1, -0.05) is 0 Å². The van der Waals surface area contributed by atoms with Crippen LogP contribution in [0.1, 0.15) is 32.3 Å². The number of hydrogen-bond donors (Lipinski definition) is 1. The molecule has 0 saturated carbocycles. The van der Waals surface area contributed by atoms with Crippen LogP contribution in [0, 0.1) is 11.7 Å². The number of hydrogen-bond acceptors (Lipinski definition) is 3. The zero-order valence-corrected chi connectivity index (χ0v) is 13.8. The number of nitrogens with zero attached hydrogens (tertiary/aromatic N) is 1. The third kappa shape index (κ3) is 3.77. The first-order valence-electron chi connectivity index (χ1n) is 7.68. The second-order valence-corrected chi connectivity index (χ2v) is 6.56. The van der Waals surface area contributed by atoms with Crippen LogP contribution in [0.3, 0.4) is 0 Å². The molecule has 0 bridgehead atoms. The first kappa shape index (κ1) is 16.7. The van der Waals surface area contributed by atoms with Gasteiger partial charge in [-0.15, -0.1) is 0 Å². The Morgan fingerprint density at radius 3 is 2.82 bits per heavy atom. The predicted octanol–water partition coefficient (Wildman–Crippen LogP) is 2.53. The minimum absolute atomic E-state index is 0.0161. The Morgan fingerprint density at radius 2 is 2.18 bits per heavy atom. The highest BCUT2D eigenvalue weighted by atomic mass is 19.1. The number of methoxy groups -OCH3 is 1. The van der Waals surface area contributed by atoms with Crippen molar-refractivity contribution in [1.29, 1.82) is 0 Å². The van der Waals surface area contributed by atoms with E-state index in [4.69, 9.17) is 4.74 Å². The summed E-state index contributed by atoms with van der Waals surface area (Å²) in [5, 5.41) is 3.05. The molecule has 22 heavy (non-hydrogen) atoms. The SMILES string of the molecule is COc1ccc(F)cc1C(C)(C)NC(=O)[C@H]1CCCN(C)C1. The molecule has 122 valence electrons. The molecule has 1 fully saturated rings. The molecule has 2 rings (SSSR count). The van der Waals surface area contributed by atoms with Crippen LogP contribution in [0.2, 0.25) is 0 Å². The third-order valence-electron chi connectivity index (χ3n) is 4.27. The van der Waals surface area contributed by atoms with E-state index in [1.165, 1.54) is 12.1 Å². The highest BCUT2D eigenvalue weighted by Gasteiger charge is 2.31. The minimum atomic E-state index is -0.694. The van der Waals surface area contributed by atoms with Crippen LogP contribution >= 0.6 is 0 Å². The summed E-state index contributed by atoms with van der Waals surface area (Å²) >= 11 is 0. The largest absolute Gasteiger partial charge is 0.496 e. The predicted molar refractivity (Wildman–Crippen MR) is 84.3 cm³/mol. The highest BCUT2D eigenvalue weighted by Crippen LogP contribution is 2.31. The van der Waals surface area contributed by atoms with Crippen LogP contribution in [0.15, 0.2) is 18.2 Å². The average molecular weight is 308 g/mol. The van der Waals surface area contributed by atoms with Crippen LogP contribution in [-0.4, -0.2) is 38.1 Å². The summed E-state index contributed by atoms with van der Waals surface area (Å²) in [6.07, 6.45) is 1.92. The second kappa shape index (κ2) is 6.65. The van der Waals surface area contributed by atoms with Gasteiger partial charge in [0.1, 0.15) is 11.6 Å². The molecule has 0 spiro atoms. The van der Waals surface area contributed by atoms with Gasteiger partial charge in [0.15, 0.2) is 0 Å². The monoisotopic (exact) mass is 308 g/mol. The van der Waals surface area contributed by atoms with E-state index in [-0.39, 0.29) is 17.6 Å². The fourth-order valence-corrected chi connectivity index (χ4v) is 3.03. The lowest BCUT2D eigenvalue weighted by molar-refractivity contribution is -0.128. The Kier molecular flexibility index (Phi) is 5.06. The fraction of sp³-hybridized carbons (Fsp3) is 0.588. The number of nitrogens with one attached hydrogen (secondary N) is 1. The molecule has 1 atom stereocenters. The summed E-state index contributed by atoms with van der Waals surface area (Å²) in [6, 6.07) is 4.37. The number of benzene rings is 1. The zero-order chi connectivity index (χ0) is 16.3. The molecule has 4 nitrogen and oxygen atoms in total. The van der Waals surface area contributed by atoms with Gasteiger partial charge in [-0.2, -0.15) is 0 Å². The van der Waals surface area contributed by atoms with Crippen molar-refractivity contribution in [2.45, 2.75) is 32.2 Å². The summed E-state index contributed by atoms with van der Waals surface area (Å²) < 4.78 is 18.9. The molecular weight excluding hydrogens is 283 g/mol. The van der Waals surface area contributed by atoms with Gasteiger partial charge < -0.3 is 15.0 Å². The summed E-state index contributed by atoms with van der Waals surface area (Å²) in [5.41, 5.74) is -0.0481. The van der Waals surface area contributed by atoms with Gasteiger partial charge in [-0.05, 0) is 58.5 Å². The first-order valence-corrected chi connectivity index (χ1v) is 7.68. The second-order valence-electron chi connectivity index (χ2n) is 6.56. The van der Waals surface area contributed by atoms with Crippen LogP contribution in [0.25, 0.3) is 0 Å². The van der Waals surface area contributed by atoms with Crippen molar-refractivity contribution in [3.8, 4) is 5.75 Å². The smallest absolute Gasteiger partial charge is 0.225 e. The molecule has 0 aliphatic carbocycles. The van der Waals surface area contributed by atoms with E-state index < -0.39 is 5.54 Å². The van der Waals surface area contributed by atoms with Crippen LogP contribution in [-0.2, 0) is 10.3 Å². The molecule has 1 aliphatic rings. The summed E-state index contributed by atoms with van der Waals surface area (Å²) in [7, 11) is 3.57. The summed E-state index contributed by atoms with van der Waals surface area (Å²) in [6.45, 7) is 5.54. The maximum absolute atomic E-state index is 13.6. The maximum Gasteiger partial charge on any atom is 0.225 e. The number of ether oxygens (including phenoxy) is 1. The Morgan fingerprint density at radius 1 is 1.45 bits per heavy atom. The Labute approximate surface area is 131 Å². The molecule has 1 N–H and O–H groups in total. The van der Waals surface area contributed by atoms with Crippen molar-refractivity contribution in [3.63, 3.8) is 0 Å². The van der Waals surface area contributed by atoms with Crippen LogP contribution in [0.4, 0.5) is 4.39 Å². The lowest BCUT2D eigenvalue weighted by atomic mass is 9.90. The van der Waals surface area contributed by atoms with Crippen molar-refractivity contribution >= 4 is 5.91 Å². The number of halogens is 1. The molecule has 0 aromatic heterocycles. The minimum Gasteiger partial charge on any atom is -0.496 e. The number of carbonyl (C=O) groups is 1. The van der Waals surface area contributed by atoms with Gasteiger partial charge in [0, 0.05) is 12.1 Å². The average Bonchev–Trinajstić information content (AvgIpc) is 2.46. The van der Waals surface area contributed by atoms with E-state index in [1.54, 1.807) is 13.2 Å². The lowest BCUT2D eigenvalue weighted by Gasteiger charge is -2.33. The van der Waals surface area contributed by atoms with E-state index in [0.29, 0.717) is 11.3 Å². The van der Waals surface area contributed by atoms with Crippen molar-refractivity contribution in [1.82, 2.24) is 10.2 Å².